The van der Waals surface area contributed by atoms with Crippen LogP contribution in [-0.4, -0.2) is 17.3 Å². The number of nitro benzene ring substituents is 1. The van der Waals surface area contributed by atoms with Gasteiger partial charge in [0.05, 0.1) is 11.5 Å². The van der Waals surface area contributed by atoms with E-state index in [2.05, 4.69) is 5.32 Å². The van der Waals surface area contributed by atoms with Gasteiger partial charge in [0.1, 0.15) is 5.78 Å². The van der Waals surface area contributed by atoms with Crippen molar-refractivity contribution < 1.29 is 9.72 Å². The molecular weight excluding hydrogens is 184 g/mol. The van der Waals surface area contributed by atoms with E-state index in [1.165, 1.54) is 19.1 Å². The van der Waals surface area contributed by atoms with Gasteiger partial charge in [-0.05, 0) is 19.1 Å². The van der Waals surface area contributed by atoms with Gasteiger partial charge in [0.25, 0.3) is 5.69 Å². The number of ketones is 1. The fraction of sp³-hybridized carbons (Fsp3) is 0.222. The first kappa shape index (κ1) is 10.2. The minimum Gasteiger partial charge on any atom is -0.378 e. The molecule has 14 heavy (non-hydrogen) atoms. The highest BCUT2D eigenvalue weighted by Crippen LogP contribution is 2.14. The van der Waals surface area contributed by atoms with E-state index in [4.69, 9.17) is 0 Å². The zero-order valence-corrected chi connectivity index (χ0v) is 7.69. The van der Waals surface area contributed by atoms with Crippen LogP contribution in [0.3, 0.4) is 0 Å². The van der Waals surface area contributed by atoms with Gasteiger partial charge >= 0.3 is 0 Å². The van der Waals surface area contributed by atoms with Crippen LogP contribution in [0.15, 0.2) is 24.3 Å². The molecule has 0 spiro atoms. The molecular formula is C9H10N2O3. The number of carbonyl (C=O) groups excluding carboxylic acids is 1. The lowest BCUT2D eigenvalue weighted by Crippen LogP contribution is -2.09. The lowest BCUT2D eigenvalue weighted by atomic mass is 10.3. The third kappa shape index (κ3) is 2.85. The van der Waals surface area contributed by atoms with E-state index in [-0.39, 0.29) is 18.0 Å². The second-order valence-corrected chi connectivity index (χ2v) is 2.86. The molecule has 0 unspecified atom stereocenters. The van der Waals surface area contributed by atoms with Crippen LogP contribution in [0, 0.1) is 10.1 Å². The fourth-order valence-electron chi connectivity index (χ4n) is 0.928. The van der Waals surface area contributed by atoms with E-state index in [0.717, 1.165) is 0 Å². The van der Waals surface area contributed by atoms with Crippen molar-refractivity contribution in [3.63, 3.8) is 0 Å². The summed E-state index contributed by atoms with van der Waals surface area (Å²) in [6, 6.07) is 5.92. The normalized spacial score (nSPS) is 9.50. The van der Waals surface area contributed by atoms with Crippen LogP contribution in [0.5, 0.6) is 0 Å². The van der Waals surface area contributed by atoms with E-state index < -0.39 is 4.92 Å². The highest BCUT2D eigenvalue weighted by molar-refractivity contribution is 5.80. The molecule has 1 N–H and O–H groups in total. The summed E-state index contributed by atoms with van der Waals surface area (Å²) in [7, 11) is 0. The second kappa shape index (κ2) is 4.36. The topological polar surface area (TPSA) is 72.2 Å². The third-order valence-corrected chi connectivity index (χ3v) is 1.62. The monoisotopic (exact) mass is 194 g/mol. The van der Waals surface area contributed by atoms with Gasteiger partial charge in [-0.25, -0.2) is 0 Å². The molecule has 0 atom stereocenters. The Morgan fingerprint density at radius 1 is 1.43 bits per heavy atom. The molecule has 0 saturated heterocycles. The Bertz CT molecular complexity index is 346. The van der Waals surface area contributed by atoms with Crippen molar-refractivity contribution in [2.24, 2.45) is 0 Å². The number of nitrogens with zero attached hydrogens (tertiary/aromatic N) is 1. The standard InChI is InChI=1S/C9H10N2O3/c1-7(12)6-10-8-2-4-9(5-3-8)11(13)14/h2-5,10H,6H2,1H3. The molecule has 1 aromatic rings. The maximum absolute atomic E-state index is 10.6. The molecule has 0 heterocycles. The summed E-state index contributed by atoms with van der Waals surface area (Å²) in [4.78, 5) is 20.5. The van der Waals surface area contributed by atoms with Crippen molar-refractivity contribution in [3.05, 3.63) is 34.4 Å². The number of nitrogens with one attached hydrogen (secondary N) is 1. The largest absolute Gasteiger partial charge is 0.378 e. The minimum absolute atomic E-state index is 0.0170. The smallest absolute Gasteiger partial charge is 0.269 e. The van der Waals surface area contributed by atoms with Crippen molar-refractivity contribution in [1.29, 1.82) is 0 Å². The molecule has 0 aliphatic heterocycles. The van der Waals surface area contributed by atoms with E-state index >= 15 is 0 Å². The van der Waals surface area contributed by atoms with Crippen molar-refractivity contribution >= 4 is 17.2 Å². The van der Waals surface area contributed by atoms with Gasteiger partial charge in [-0.2, -0.15) is 0 Å². The van der Waals surface area contributed by atoms with Crippen molar-refractivity contribution in [3.8, 4) is 0 Å². The first-order valence-electron chi connectivity index (χ1n) is 4.07. The van der Waals surface area contributed by atoms with Gasteiger partial charge in [-0.3, -0.25) is 14.9 Å². The number of benzene rings is 1. The van der Waals surface area contributed by atoms with Gasteiger partial charge in [0.2, 0.25) is 0 Å². The fourth-order valence-corrected chi connectivity index (χ4v) is 0.928. The summed E-state index contributed by atoms with van der Waals surface area (Å²) in [5.74, 6) is 0.0170. The van der Waals surface area contributed by atoms with Crippen molar-refractivity contribution in [1.82, 2.24) is 0 Å². The van der Waals surface area contributed by atoms with Gasteiger partial charge in [0.15, 0.2) is 0 Å². The number of anilines is 1. The quantitative estimate of drug-likeness (QED) is 0.583. The molecule has 0 aliphatic rings. The Balaban J connectivity index is 2.64. The van der Waals surface area contributed by atoms with E-state index in [9.17, 15) is 14.9 Å². The van der Waals surface area contributed by atoms with Gasteiger partial charge < -0.3 is 5.32 Å². The molecule has 1 aromatic carbocycles. The van der Waals surface area contributed by atoms with Crippen LogP contribution in [0.25, 0.3) is 0 Å². The summed E-state index contributed by atoms with van der Waals surface area (Å²) in [6.45, 7) is 1.70. The summed E-state index contributed by atoms with van der Waals surface area (Å²) in [5.41, 5.74) is 0.740. The SMILES string of the molecule is CC(=O)CNc1ccc([N+](=O)[O-])cc1. The highest BCUT2D eigenvalue weighted by Gasteiger charge is 2.03. The lowest BCUT2D eigenvalue weighted by Gasteiger charge is -2.02. The Hall–Kier alpha value is -1.91. The number of rotatable bonds is 4. The van der Waals surface area contributed by atoms with Crippen LogP contribution < -0.4 is 5.32 Å². The van der Waals surface area contributed by atoms with Crippen molar-refractivity contribution in [2.75, 3.05) is 11.9 Å². The Morgan fingerprint density at radius 3 is 2.43 bits per heavy atom. The number of hydrogen-bond donors (Lipinski definition) is 1. The molecule has 0 aromatic heterocycles. The first-order chi connectivity index (χ1) is 6.59. The summed E-state index contributed by atoms with van der Waals surface area (Å²) in [5, 5.41) is 13.1. The average molecular weight is 194 g/mol. The highest BCUT2D eigenvalue weighted by atomic mass is 16.6. The predicted octanol–water partition coefficient (Wildman–Crippen LogP) is 1.60. The van der Waals surface area contributed by atoms with Gasteiger partial charge in [-0.1, -0.05) is 0 Å². The molecule has 5 nitrogen and oxygen atoms in total. The molecule has 0 amide bonds. The second-order valence-electron chi connectivity index (χ2n) is 2.86. The van der Waals surface area contributed by atoms with E-state index in [1.54, 1.807) is 12.1 Å². The van der Waals surface area contributed by atoms with Crippen molar-refractivity contribution in [2.45, 2.75) is 6.92 Å². The minimum atomic E-state index is -0.464. The van der Waals surface area contributed by atoms with Crippen LogP contribution in [0.2, 0.25) is 0 Å². The number of hydrogen-bond acceptors (Lipinski definition) is 4. The maximum Gasteiger partial charge on any atom is 0.269 e. The number of carbonyl (C=O) groups is 1. The van der Waals surface area contributed by atoms with E-state index in [1.807, 2.05) is 0 Å². The molecule has 0 fully saturated rings. The summed E-state index contributed by atoms with van der Waals surface area (Å²) < 4.78 is 0. The van der Waals surface area contributed by atoms with Crippen LogP contribution in [0.4, 0.5) is 11.4 Å². The molecule has 1 rings (SSSR count). The molecule has 5 heteroatoms. The molecule has 74 valence electrons. The predicted molar refractivity (Wildman–Crippen MR) is 52.3 cm³/mol. The molecule has 0 saturated carbocycles. The van der Waals surface area contributed by atoms with E-state index in [0.29, 0.717) is 5.69 Å². The zero-order chi connectivity index (χ0) is 10.6. The first-order valence-corrected chi connectivity index (χ1v) is 4.07. The Morgan fingerprint density at radius 2 is 2.00 bits per heavy atom. The van der Waals surface area contributed by atoms with Crippen LogP contribution in [-0.2, 0) is 4.79 Å². The lowest BCUT2D eigenvalue weighted by molar-refractivity contribution is -0.384. The Labute approximate surface area is 80.9 Å². The number of nitro groups is 1. The third-order valence-electron chi connectivity index (χ3n) is 1.62. The molecule has 0 bridgehead atoms. The van der Waals surface area contributed by atoms with Crippen LogP contribution in [0.1, 0.15) is 6.92 Å². The zero-order valence-electron chi connectivity index (χ0n) is 7.69. The average Bonchev–Trinajstić information content (AvgIpc) is 2.15. The molecule has 0 radical (unpaired) electrons. The Kier molecular flexibility index (Phi) is 3.17. The van der Waals surface area contributed by atoms with Gasteiger partial charge in [-0.15, -0.1) is 0 Å². The summed E-state index contributed by atoms with van der Waals surface area (Å²) in [6.07, 6.45) is 0. The number of Topliss-reactive ketones (excluding diaryl/α,β-unsaturated/α-hetero) is 1. The summed E-state index contributed by atoms with van der Waals surface area (Å²) >= 11 is 0. The molecule has 0 aliphatic carbocycles. The maximum atomic E-state index is 10.6. The number of non-ortho nitro benzene ring substituents is 1. The van der Waals surface area contributed by atoms with Gasteiger partial charge in [0, 0.05) is 17.8 Å². The van der Waals surface area contributed by atoms with Crippen LogP contribution >= 0.6 is 0 Å².